The predicted molar refractivity (Wildman–Crippen MR) is 44.7 cm³/mol. The van der Waals surface area contributed by atoms with Gasteiger partial charge in [-0.25, -0.2) is 0 Å². The molecule has 0 spiro atoms. The van der Waals surface area contributed by atoms with Gasteiger partial charge in [0.05, 0.1) is 6.61 Å². The van der Waals surface area contributed by atoms with E-state index < -0.39 is 0 Å². The van der Waals surface area contributed by atoms with Crippen LogP contribution in [0.25, 0.3) is 0 Å². The molecule has 0 unspecified atom stereocenters. The number of aromatic nitrogens is 1. The minimum Gasteiger partial charge on any atom is -0.395 e. The lowest BCUT2D eigenvalue weighted by atomic mass is 10.4. The van der Waals surface area contributed by atoms with Crippen LogP contribution in [0.2, 0.25) is 0 Å². The van der Waals surface area contributed by atoms with Crippen LogP contribution in [0.15, 0.2) is 0 Å². The maximum atomic E-state index is 8.68. The zero-order chi connectivity index (χ0) is 8.43. The second kappa shape index (κ2) is 3.19. The van der Waals surface area contributed by atoms with Gasteiger partial charge in [0, 0.05) is 17.1 Å². The Bertz CT molecular complexity index is 300. The van der Waals surface area contributed by atoms with Gasteiger partial charge in [-0.2, -0.15) is 0 Å². The molecule has 0 fully saturated rings. The van der Waals surface area contributed by atoms with Crippen LogP contribution in [0, 0.1) is 19.3 Å². The summed E-state index contributed by atoms with van der Waals surface area (Å²) in [4.78, 5) is 1.68. The Balaban J connectivity index is 3.12. The van der Waals surface area contributed by atoms with E-state index in [4.69, 9.17) is 10.5 Å². The molecule has 3 nitrogen and oxygen atoms in total. The Morgan fingerprint density at radius 3 is 2.55 bits per heavy atom. The number of aliphatic hydroxyl groups is 1. The van der Waals surface area contributed by atoms with Crippen LogP contribution in [0.4, 0.5) is 0 Å². The van der Waals surface area contributed by atoms with E-state index in [9.17, 15) is 0 Å². The molecule has 1 rings (SSSR count). The number of rotatable bonds is 2. The summed E-state index contributed by atoms with van der Waals surface area (Å²) in [7, 11) is 0. The molecule has 0 saturated carbocycles. The van der Waals surface area contributed by atoms with Gasteiger partial charge in [0.15, 0.2) is 4.80 Å². The Kier molecular flexibility index (Phi) is 2.46. The monoisotopic (exact) mass is 172 g/mol. The normalized spacial score (nSPS) is 10.5. The van der Waals surface area contributed by atoms with Crippen molar-refractivity contribution in [3.05, 3.63) is 15.4 Å². The van der Waals surface area contributed by atoms with Gasteiger partial charge in [-0.1, -0.05) is 0 Å². The second-order valence-electron chi connectivity index (χ2n) is 2.42. The van der Waals surface area contributed by atoms with E-state index in [1.807, 2.05) is 18.4 Å². The third-order valence-electron chi connectivity index (χ3n) is 1.73. The first-order valence-corrected chi connectivity index (χ1v) is 4.30. The fraction of sp³-hybridized carbons (Fsp3) is 0.571. The molecule has 0 saturated heterocycles. The van der Waals surface area contributed by atoms with Gasteiger partial charge in [-0.15, -0.1) is 11.3 Å². The van der Waals surface area contributed by atoms with Crippen LogP contribution in [0.1, 0.15) is 10.6 Å². The molecule has 0 amide bonds. The molecule has 2 N–H and O–H groups in total. The van der Waals surface area contributed by atoms with Crippen LogP contribution in [0.3, 0.4) is 0 Å². The topological polar surface area (TPSA) is 49.0 Å². The smallest absolute Gasteiger partial charge is 0.182 e. The lowest BCUT2D eigenvalue weighted by molar-refractivity contribution is 0.273. The van der Waals surface area contributed by atoms with Gasteiger partial charge in [0.2, 0.25) is 0 Å². The van der Waals surface area contributed by atoms with E-state index in [0.717, 1.165) is 10.6 Å². The van der Waals surface area contributed by atoms with Crippen molar-refractivity contribution in [2.75, 3.05) is 6.61 Å². The van der Waals surface area contributed by atoms with Gasteiger partial charge in [0.25, 0.3) is 0 Å². The summed E-state index contributed by atoms with van der Waals surface area (Å²) < 4.78 is 1.82. The molecular weight excluding hydrogens is 160 g/mol. The molecule has 0 bridgehead atoms. The van der Waals surface area contributed by atoms with Crippen LogP contribution in [-0.4, -0.2) is 16.3 Å². The van der Waals surface area contributed by atoms with Gasteiger partial charge >= 0.3 is 0 Å². The van der Waals surface area contributed by atoms with Crippen LogP contribution in [-0.2, 0) is 6.54 Å². The second-order valence-corrected chi connectivity index (χ2v) is 3.63. The first kappa shape index (κ1) is 8.49. The Morgan fingerprint density at radius 1 is 1.55 bits per heavy atom. The van der Waals surface area contributed by atoms with Crippen LogP contribution < -0.4 is 4.80 Å². The summed E-state index contributed by atoms with van der Waals surface area (Å²) in [6.45, 7) is 4.61. The van der Waals surface area contributed by atoms with E-state index in [-0.39, 0.29) is 6.61 Å². The minimum atomic E-state index is 0.105. The zero-order valence-electron chi connectivity index (χ0n) is 6.72. The SMILES string of the molecule is Cc1sc(=N)n(CCO)c1C. The molecule has 11 heavy (non-hydrogen) atoms. The zero-order valence-corrected chi connectivity index (χ0v) is 7.53. The molecule has 1 aromatic rings. The highest BCUT2D eigenvalue weighted by atomic mass is 32.1. The number of thiazole rings is 1. The quantitative estimate of drug-likeness (QED) is 0.675. The Morgan fingerprint density at radius 2 is 2.18 bits per heavy atom. The average Bonchev–Trinajstić information content (AvgIpc) is 2.17. The third-order valence-corrected chi connectivity index (χ3v) is 2.75. The highest BCUT2D eigenvalue weighted by molar-refractivity contribution is 7.09. The van der Waals surface area contributed by atoms with Crippen LogP contribution in [0.5, 0.6) is 0 Å². The molecule has 4 heteroatoms. The number of hydrogen-bond donors (Lipinski definition) is 2. The molecule has 1 aromatic heterocycles. The molecule has 0 aromatic carbocycles. The number of aliphatic hydroxyl groups excluding tert-OH is 1. The standard InChI is InChI=1S/C7H12N2OS/c1-5-6(2)11-7(8)9(5)3-4-10/h8,10H,3-4H2,1-2H3. The van der Waals surface area contributed by atoms with E-state index in [1.165, 1.54) is 11.3 Å². The number of nitrogens with one attached hydrogen (secondary N) is 1. The summed E-state index contributed by atoms with van der Waals surface area (Å²) in [5.74, 6) is 0. The molecule has 0 atom stereocenters. The van der Waals surface area contributed by atoms with Gasteiger partial charge in [0.1, 0.15) is 0 Å². The minimum absolute atomic E-state index is 0.105. The molecule has 0 aliphatic carbocycles. The summed E-state index contributed by atoms with van der Waals surface area (Å²) >= 11 is 1.45. The summed E-state index contributed by atoms with van der Waals surface area (Å²) in [6, 6.07) is 0. The number of hydrogen-bond acceptors (Lipinski definition) is 3. The van der Waals surface area contributed by atoms with E-state index >= 15 is 0 Å². The van der Waals surface area contributed by atoms with Crippen molar-refractivity contribution in [1.82, 2.24) is 4.57 Å². The molecule has 0 aliphatic heterocycles. The highest BCUT2D eigenvalue weighted by Crippen LogP contribution is 2.08. The van der Waals surface area contributed by atoms with Crippen molar-refractivity contribution in [1.29, 1.82) is 5.41 Å². The van der Waals surface area contributed by atoms with Crippen molar-refractivity contribution in [2.24, 2.45) is 0 Å². The van der Waals surface area contributed by atoms with E-state index in [0.29, 0.717) is 11.3 Å². The lowest BCUT2D eigenvalue weighted by Gasteiger charge is -2.01. The Hall–Kier alpha value is -0.610. The van der Waals surface area contributed by atoms with Crippen molar-refractivity contribution in [3.8, 4) is 0 Å². The highest BCUT2D eigenvalue weighted by Gasteiger charge is 2.02. The molecule has 1 heterocycles. The van der Waals surface area contributed by atoms with Gasteiger partial charge in [-0.05, 0) is 13.8 Å². The van der Waals surface area contributed by atoms with Crippen LogP contribution >= 0.6 is 11.3 Å². The lowest BCUT2D eigenvalue weighted by Crippen LogP contribution is -2.16. The maximum absolute atomic E-state index is 8.68. The summed E-state index contributed by atoms with van der Waals surface area (Å²) in [5, 5.41) is 16.2. The van der Waals surface area contributed by atoms with Crippen molar-refractivity contribution in [2.45, 2.75) is 20.4 Å². The molecule has 0 aliphatic rings. The molecular formula is C7H12N2OS. The fourth-order valence-corrected chi connectivity index (χ4v) is 1.87. The van der Waals surface area contributed by atoms with Gasteiger partial charge in [-0.3, -0.25) is 5.41 Å². The predicted octanol–water partition coefficient (Wildman–Crippen LogP) is 0.638. The fourth-order valence-electron chi connectivity index (χ4n) is 0.986. The van der Waals surface area contributed by atoms with Crippen molar-refractivity contribution in [3.63, 3.8) is 0 Å². The number of nitrogens with zero attached hydrogens (tertiary/aromatic N) is 1. The first-order chi connectivity index (χ1) is 5.16. The summed E-state index contributed by atoms with van der Waals surface area (Å²) in [5.41, 5.74) is 1.09. The van der Waals surface area contributed by atoms with Gasteiger partial charge < -0.3 is 9.67 Å². The Labute approximate surface area is 69.4 Å². The van der Waals surface area contributed by atoms with Crippen molar-refractivity contribution < 1.29 is 5.11 Å². The van der Waals surface area contributed by atoms with Crippen molar-refractivity contribution >= 4 is 11.3 Å². The summed E-state index contributed by atoms with van der Waals surface area (Å²) in [6.07, 6.45) is 0. The molecule has 62 valence electrons. The number of aryl methyl sites for hydroxylation is 1. The largest absolute Gasteiger partial charge is 0.395 e. The van der Waals surface area contributed by atoms with E-state index in [1.54, 1.807) is 0 Å². The first-order valence-electron chi connectivity index (χ1n) is 3.49. The average molecular weight is 172 g/mol. The van der Waals surface area contributed by atoms with E-state index in [2.05, 4.69) is 0 Å². The third kappa shape index (κ3) is 1.52. The molecule has 0 radical (unpaired) electrons. The maximum Gasteiger partial charge on any atom is 0.182 e.